The zero-order chi connectivity index (χ0) is 17.9. The Balaban J connectivity index is 1.62. The van der Waals surface area contributed by atoms with Gasteiger partial charge in [-0.15, -0.1) is 11.3 Å². The van der Waals surface area contributed by atoms with Crippen molar-refractivity contribution in [1.82, 2.24) is 14.9 Å². The lowest BCUT2D eigenvalue weighted by atomic mass is 10.2. The highest BCUT2D eigenvalue weighted by atomic mass is 32.1. The Morgan fingerprint density at radius 3 is 2.85 bits per heavy atom. The Morgan fingerprint density at radius 2 is 2.04 bits per heavy atom. The van der Waals surface area contributed by atoms with Crippen molar-refractivity contribution in [3.63, 3.8) is 0 Å². The molecule has 4 rings (SSSR count). The van der Waals surface area contributed by atoms with Gasteiger partial charge in [-0.1, -0.05) is 18.2 Å². The van der Waals surface area contributed by atoms with E-state index in [-0.39, 0.29) is 11.7 Å². The number of pyridine rings is 1. The molecule has 26 heavy (non-hydrogen) atoms. The van der Waals surface area contributed by atoms with E-state index >= 15 is 0 Å². The van der Waals surface area contributed by atoms with Crippen molar-refractivity contribution < 1.29 is 9.18 Å². The van der Waals surface area contributed by atoms with Crippen LogP contribution in [-0.4, -0.2) is 15.5 Å². The lowest BCUT2D eigenvalue weighted by Crippen LogP contribution is -2.25. The summed E-state index contributed by atoms with van der Waals surface area (Å²) in [6.07, 6.45) is 3.42. The minimum atomic E-state index is -0.279. The van der Waals surface area contributed by atoms with Gasteiger partial charge in [0.2, 0.25) is 0 Å². The lowest BCUT2D eigenvalue weighted by molar-refractivity contribution is 0.0942. The number of carbonyl (C=O) groups is 1. The van der Waals surface area contributed by atoms with Crippen LogP contribution in [0.3, 0.4) is 0 Å². The van der Waals surface area contributed by atoms with Crippen molar-refractivity contribution in [2.75, 3.05) is 0 Å². The molecule has 0 spiro atoms. The molecule has 1 N–H and O–H groups in total. The molecule has 0 saturated heterocycles. The SMILES string of the molecule is O=C(NCc1cccnc1)c1cc2sccc2n1Cc1cccc(F)c1. The summed E-state index contributed by atoms with van der Waals surface area (Å²) < 4.78 is 16.5. The summed E-state index contributed by atoms with van der Waals surface area (Å²) in [5.74, 6) is -0.438. The van der Waals surface area contributed by atoms with Crippen LogP contribution in [0.5, 0.6) is 0 Å². The van der Waals surface area contributed by atoms with Crippen LogP contribution in [0, 0.1) is 5.82 Å². The second kappa shape index (κ2) is 7.09. The number of amides is 1. The monoisotopic (exact) mass is 365 g/mol. The highest BCUT2D eigenvalue weighted by Crippen LogP contribution is 2.26. The van der Waals surface area contributed by atoms with Crippen molar-refractivity contribution in [3.05, 3.63) is 88.9 Å². The molecule has 130 valence electrons. The molecule has 1 aromatic carbocycles. The molecule has 4 aromatic rings. The van der Waals surface area contributed by atoms with E-state index in [2.05, 4.69) is 10.3 Å². The maximum absolute atomic E-state index is 13.5. The van der Waals surface area contributed by atoms with E-state index in [1.165, 1.54) is 12.1 Å². The van der Waals surface area contributed by atoms with Crippen molar-refractivity contribution in [2.45, 2.75) is 13.1 Å². The third kappa shape index (κ3) is 3.36. The summed E-state index contributed by atoms with van der Waals surface area (Å²) in [6, 6.07) is 14.1. The predicted octanol–water partition coefficient (Wildman–Crippen LogP) is 4.22. The van der Waals surface area contributed by atoms with Gasteiger partial charge in [-0.3, -0.25) is 9.78 Å². The molecule has 0 aliphatic rings. The fraction of sp³-hybridized carbons (Fsp3) is 0.100. The van der Waals surface area contributed by atoms with Crippen molar-refractivity contribution in [3.8, 4) is 0 Å². The molecule has 1 amide bonds. The summed E-state index contributed by atoms with van der Waals surface area (Å²) in [4.78, 5) is 16.8. The van der Waals surface area contributed by atoms with E-state index in [9.17, 15) is 9.18 Å². The van der Waals surface area contributed by atoms with E-state index < -0.39 is 0 Å². The van der Waals surface area contributed by atoms with Crippen LogP contribution in [0.15, 0.2) is 66.3 Å². The molecule has 0 aliphatic carbocycles. The number of thiophene rings is 1. The van der Waals surface area contributed by atoms with E-state index in [1.807, 2.05) is 40.3 Å². The Hall–Kier alpha value is -2.99. The quantitative estimate of drug-likeness (QED) is 0.576. The van der Waals surface area contributed by atoms with Crippen molar-refractivity contribution in [1.29, 1.82) is 0 Å². The summed E-state index contributed by atoms with van der Waals surface area (Å²) in [6.45, 7) is 0.846. The van der Waals surface area contributed by atoms with Gasteiger partial charge in [0.25, 0.3) is 5.91 Å². The molecule has 3 heterocycles. The van der Waals surface area contributed by atoms with Crippen LogP contribution >= 0.6 is 11.3 Å². The van der Waals surface area contributed by atoms with Crippen molar-refractivity contribution in [2.24, 2.45) is 0 Å². The molecule has 0 fully saturated rings. The van der Waals surface area contributed by atoms with E-state index in [4.69, 9.17) is 0 Å². The molecule has 0 unspecified atom stereocenters. The molecule has 4 nitrogen and oxygen atoms in total. The molecule has 0 bridgehead atoms. The summed E-state index contributed by atoms with van der Waals surface area (Å²) in [5, 5.41) is 4.92. The Bertz CT molecular complexity index is 1060. The first-order valence-corrected chi connectivity index (χ1v) is 9.07. The number of rotatable bonds is 5. The smallest absolute Gasteiger partial charge is 0.268 e. The summed E-state index contributed by atoms with van der Waals surface area (Å²) >= 11 is 1.58. The lowest BCUT2D eigenvalue weighted by Gasteiger charge is -2.11. The van der Waals surface area contributed by atoms with Gasteiger partial charge in [0.05, 0.1) is 10.2 Å². The van der Waals surface area contributed by atoms with Crippen LogP contribution in [-0.2, 0) is 13.1 Å². The third-order valence-electron chi connectivity index (χ3n) is 4.16. The number of fused-ring (bicyclic) bond motifs is 1. The molecule has 0 aliphatic heterocycles. The van der Waals surface area contributed by atoms with E-state index in [0.29, 0.717) is 18.8 Å². The van der Waals surface area contributed by atoms with Crippen LogP contribution in [0.2, 0.25) is 0 Å². The minimum absolute atomic E-state index is 0.159. The molecule has 0 saturated carbocycles. The third-order valence-corrected chi connectivity index (χ3v) is 5.01. The van der Waals surface area contributed by atoms with Gasteiger partial charge in [-0.2, -0.15) is 0 Å². The number of benzene rings is 1. The maximum Gasteiger partial charge on any atom is 0.268 e. The van der Waals surface area contributed by atoms with Gasteiger partial charge in [0.1, 0.15) is 11.5 Å². The van der Waals surface area contributed by atoms with Crippen LogP contribution in [0.25, 0.3) is 10.2 Å². The van der Waals surface area contributed by atoms with Gasteiger partial charge in [-0.25, -0.2) is 4.39 Å². The zero-order valence-corrected chi connectivity index (χ0v) is 14.7. The number of halogens is 1. The molecule has 3 aromatic heterocycles. The second-order valence-electron chi connectivity index (χ2n) is 5.96. The molecular weight excluding hydrogens is 349 g/mol. The van der Waals surface area contributed by atoms with Gasteiger partial charge in [-0.05, 0) is 46.8 Å². The summed E-state index contributed by atoms with van der Waals surface area (Å²) in [5.41, 5.74) is 3.30. The average Bonchev–Trinajstić information content (AvgIpc) is 3.23. The molecule has 0 radical (unpaired) electrons. The molecule has 0 atom stereocenters. The molecular formula is C20H16FN3OS. The van der Waals surface area contributed by atoms with E-state index in [1.54, 1.807) is 29.8 Å². The highest BCUT2D eigenvalue weighted by Gasteiger charge is 2.16. The first-order valence-electron chi connectivity index (χ1n) is 8.19. The highest BCUT2D eigenvalue weighted by molar-refractivity contribution is 7.17. The predicted molar refractivity (Wildman–Crippen MR) is 101 cm³/mol. The first kappa shape index (κ1) is 16.5. The van der Waals surface area contributed by atoms with Gasteiger partial charge < -0.3 is 9.88 Å². The van der Waals surface area contributed by atoms with Crippen LogP contribution in [0.1, 0.15) is 21.6 Å². The van der Waals surface area contributed by atoms with Crippen molar-refractivity contribution >= 4 is 27.5 Å². The normalized spacial score (nSPS) is 11.0. The largest absolute Gasteiger partial charge is 0.347 e. The minimum Gasteiger partial charge on any atom is -0.347 e. The molecule has 6 heteroatoms. The van der Waals surface area contributed by atoms with Gasteiger partial charge >= 0.3 is 0 Å². The first-order chi connectivity index (χ1) is 12.7. The number of hydrogen-bond acceptors (Lipinski definition) is 3. The maximum atomic E-state index is 13.5. The Morgan fingerprint density at radius 1 is 1.15 bits per heavy atom. The number of aromatic nitrogens is 2. The van der Waals surface area contributed by atoms with E-state index in [0.717, 1.165) is 21.3 Å². The topological polar surface area (TPSA) is 46.9 Å². The Labute approximate surface area is 153 Å². The number of hydrogen-bond donors (Lipinski definition) is 1. The standard InChI is InChI=1S/C20H16FN3OS/c21-16-5-1-3-14(9-16)13-24-17-6-8-26-19(17)10-18(24)20(25)23-12-15-4-2-7-22-11-15/h1-11H,12-13H2,(H,23,25). The zero-order valence-electron chi connectivity index (χ0n) is 13.9. The number of nitrogens with one attached hydrogen (secondary N) is 1. The van der Waals surface area contributed by atoms with Gasteiger partial charge in [0, 0.05) is 25.5 Å². The Kier molecular flexibility index (Phi) is 4.50. The van der Waals surface area contributed by atoms with Crippen LogP contribution < -0.4 is 5.32 Å². The second-order valence-corrected chi connectivity index (χ2v) is 6.91. The fourth-order valence-electron chi connectivity index (χ4n) is 2.93. The van der Waals surface area contributed by atoms with Crippen LogP contribution in [0.4, 0.5) is 4.39 Å². The number of nitrogens with zero attached hydrogens (tertiary/aromatic N) is 2. The number of carbonyl (C=O) groups excluding carboxylic acids is 1. The van der Waals surface area contributed by atoms with Gasteiger partial charge in [0.15, 0.2) is 0 Å². The average molecular weight is 365 g/mol. The summed E-state index contributed by atoms with van der Waals surface area (Å²) in [7, 11) is 0. The fourth-order valence-corrected chi connectivity index (χ4v) is 3.75.